The number of hydrogen-bond donors (Lipinski definition) is 1. The molecule has 0 aromatic carbocycles. The first kappa shape index (κ1) is 12.3. The smallest absolute Gasteiger partial charge is 0.132 e. The minimum Gasteiger partial charge on any atom is -0.355 e. The summed E-state index contributed by atoms with van der Waals surface area (Å²) >= 11 is 0. The van der Waals surface area contributed by atoms with Crippen LogP contribution in [0.5, 0.6) is 0 Å². The Labute approximate surface area is 103 Å². The van der Waals surface area contributed by atoms with E-state index in [1.165, 1.54) is 12.8 Å². The predicted molar refractivity (Wildman–Crippen MR) is 70.3 cm³/mol. The molecule has 2 rings (SSSR count). The number of piperidine rings is 1. The summed E-state index contributed by atoms with van der Waals surface area (Å²) in [7, 11) is 0. The van der Waals surface area contributed by atoms with E-state index < -0.39 is 0 Å². The average molecular weight is 234 g/mol. The minimum atomic E-state index is 0.548. The topological polar surface area (TPSA) is 41.1 Å². The zero-order chi connectivity index (χ0) is 12.3. The maximum atomic E-state index is 4.50. The van der Waals surface area contributed by atoms with Crippen molar-refractivity contribution in [1.29, 1.82) is 0 Å². The molecule has 1 saturated heterocycles. The van der Waals surface area contributed by atoms with Gasteiger partial charge in [0.2, 0.25) is 0 Å². The second kappa shape index (κ2) is 5.45. The largest absolute Gasteiger partial charge is 0.355 e. The summed E-state index contributed by atoms with van der Waals surface area (Å²) in [4.78, 5) is 11.0. The third-order valence-corrected chi connectivity index (χ3v) is 3.08. The normalized spacial score (nSPS) is 20.9. The van der Waals surface area contributed by atoms with Crippen LogP contribution in [0, 0.1) is 6.92 Å². The number of nitrogens with one attached hydrogen (secondary N) is 1. The average Bonchev–Trinajstić information content (AvgIpc) is 2.28. The van der Waals surface area contributed by atoms with Crippen molar-refractivity contribution in [2.75, 3.05) is 18.0 Å². The van der Waals surface area contributed by atoms with Crippen molar-refractivity contribution in [3.05, 3.63) is 18.1 Å². The molecule has 1 aromatic rings. The molecule has 1 atom stereocenters. The molecular weight excluding hydrogens is 212 g/mol. The van der Waals surface area contributed by atoms with Gasteiger partial charge in [0.15, 0.2) is 0 Å². The first-order chi connectivity index (χ1) is 8.15. The van der Waals surface area contributed by atoms with Gasteiger partial charge < -0.3 is 10.2 Å². The molecule has 1 aromatic heterocycles. The fourth-order valence-corrected chi connectivity index (χ4v) is 2.41. The number of rotatable bonds is 3. The summed E-state index contributed by atoms with van der Waals surface area (Å²) in [6, 6.07) is 3.14. The van der Waals surface area contributed by atoms with Crippen LogP contribution in [-0.2, 0) is 0 Å². The van der Waals surface area contributed by atoms with Crippen molar-refractivity contribution >= 4 is 5.82 Å². The Morgan fingerprint density at radius 3 is 3.00 bits per heavy atom. The molecule has 1 unspecified atom stereocenters. The second-order valence-electron chi connectivity index (χ2n) is 5.07. The summed E-state index contributed by atoms with van der Waals surface area (Å²) in [6.45, 7) is 8.50. The van der Waals surface area contributed by atoms with Gasteiger partial charge in [0.1, 0.15) is 11.6 Å². The molecule has 1 N–H and O–H groups in total. The third-order valence-electron chi connectivity index (χ3n) is 3.08. The predicted octanol–water partition coefficient (Wildman–Crippen LogP) is 1.75. The Morgan fingerprint density at radius 1 is 1.47 bits per heavy atom. The Bertz CT molecular complexity index is 364. The Kier molecular flexibility index (Phi) is 3.94. The summed E-state index contributed by atoms with van der Waals surface area (Å²) in [5.41, 5.74) is 0. The fourth-order valence-electron chi connectivity index (χ4n) is 2.41. The van der Waals surface area contributed by atoms with E-state index in [9.17, 15) is 0 Å². The summed E-state index contributed by atoms with van der Waals surface area (Å²) in [6.07, 6.45) is 4.34. The van der Waals surface area contributed by atoms with E-state index in [4.69, 9.17) is 0 Å². The molecule has 4 heteroatoms. The molecule has 0 aliphatic carbocycles. The van der Waals surface area contributed by atoms with E-state index in [-0.39, 0.29) is 0 Å². The molecule has 4 nitrogen and oxygen atoms in total. The number of anilines is 1. The Balaban J connectivity index is 2.02. The summed E-state index contributed by atoms with van der Waals surface area (Å²) in [5, 5.41) is 3.61. The monoisotopic (exact) mass is 234 g/mol. The first-order valence-corrected chi connectivity index (χ1v) is 6.46. The lowest BCUT2D eigenvalue weighted by atomic mass is 10.1. The highest BCUT2D eigenvalue weighted by Gasteiger charge is 2.21. The molecule has 94 valence electrons. The van der Waals surface area contributed by atoms with Crippen LogP contribution in [0.1, 0.15) is 32.5 Å². The molecule has 1 aliphatic rings. The molecule has 0 bridgehead atoms. The molecule has 0 spiro atoms. The quantitative estimate of drug-likeness (QED) is 0.865. The van der Waals surface area contributed by atoms with E-state index in [2.05, 4.69) is 34.0 Å². The SMILES string of the molecule is Cc1nccc(N2CCCC(NC(C)C)C2)n1. The lowest BCUT2D eigenvalue weighted by Crippen LogP contribution is -2.48. The summed E-state index contributed by atoms with van der Waals surface area (Å²) in [5.74, 6) is 1.91. The van der Waals surface area contributed by atoms with Gasteiger partial charge in [-0.25, -0.2) is 9.97 Å². The van der Waals surface area contributed by atoms with Crippen LogP contribution in [0.25, 0.3) is 0 Å². The van der Waals surface area contributed by atoms with Crippen molar-refractivity contribution in [3.63, 3.8) is 0 Å². The van der Waals surface area contributed by atoms with Crippen LogP contribution < -0.4 is 10.2 Å². The molecule has 0 amide bonds. The molecule has 1 fully saturated rings. The first-order valence-electron chi connectivity index (χ1n) is 6.46. The molecular formula is C13H22N4. The van der Waals surface area contributed by atoms with Crippen LogP contribution in [0.2, 0.25) is 0 Å². The van der Waals surface area contributed by atoms with Gasteiger partial charge in [-0.3, -0.25) is 0 Å². The zero-order valence-corrected chi connectivity index (χ0v) is 11.0. The van der Waals surface area contributed by atoms with Gasteiger partial charge in [0, 0.05) is 31.4 Å². The number of nitrogens with zero attached hydrogens (tertiary/aromatic N) is 3. The minimum absolute atomic E-state index is 0.548. The van der Waals surface area contributed by atoms with Crippen molar-refractivity contribution in [1.82, 2.24) is 15.3 Å². The zero-order valence-electron chi connectivity index (χ0n) is 11.0. The highest BCUT2D eigenvalue weighted by Crippen LogP contribution is 2.17. The second-order valence-corrected chi connectivity index (χ2v) is 5.07. The van der Waals surface area contributed by atoms with Crippen LogP contribution in [0.4, 0.5) is 5.82 Å². The highest BCUT2D eigenvalue weighted by atomic mass is 15.2. The van der Waals surface area contributed by atoms with Gasteiger partial charge in [-0.1, -0.05) is 13.8 Å². The van der Waals surface area contributed by atoms with Crippen LogP contribution in [-0.4, -0.2) is 35.1 Å². The van der Waals surface area contributed by atoms with Gasteiger partial charge >= 0.3 is 0 Å². The highest BCUT2D eigenvalue weighted by molar-refractivity contribution is 5.38. The van der Waals surface area contributed by atoms with Crippen molar-refractivity contribution in [2.45, 2.75) is 45.7 Å². The van der Waals surface area contributed by atoms with Gasteiger partial charge in [-0.15, -0.1) is 0 Å². The van der Waals surface area contributed by atoms with E-state index in [0.717, 1.165) is 24.7 Å². The maximum absolute atomic E-state index is 4.50. The van der Waals surface area contributed by atoms with E-state index in [1.807, 2.05) is 19.2 Å². The lowest BCUT2D eigenvalue weighted by molar-refractivity contribution is 0.393. The van der Waals surface area contributed by atoms with Crippen LogP contribution in [0.3, 0.4) is 0 Å². The number of aromatic nitrogens is 2. The van der Waals surface area contributed by atoms with Crippen LogP contribution >= 0.6 is 0 Å². The molecule has 17 heavy (non-hydrogen) atoms. The molecule has 2 heterocycles. The number of hydrogen-bond acceptors (Lipinski definition) is 4. The Hall–Kier alpha value is -1.16. The third kappa shape index (κ3) is 3.40. The van der Waals surface area contributed by atoms with Crippen LogP contribution in [0.15, 0.2) is 12.3 Å². The van der Waals surface area contributed by atoms with Crippen molar-refractivity contribution in [2.24, 2.45) is 0 Å². The standard InChI is InChI=1S/C13H22N4/c1-10(2)15-12-5-4-8-17(9-12)13-6-7-14-11(3)16-13/h6-7,10,12,15H,4-5,8-9H2,1-3H3. The fraction of sp³-hybridized carbons (Fsp3) is 0.692. The summed E-state index contributed by atoms with van der Waals surface area (Å²) < 4.78 is 0. The number of aryl methyl sites for hydroxylation is 1. The van der Waals surface area contributed by atoms with E-state index in [0.29, 0.717) is 12.1 Å². The Morgan fingerprint density at radius 2 is 2.29 bits per heavy atom. The molecule has 0 radical (unpaired) electrons. The van der Waals surface area contributed by atoms with E-state index in [1.54, 1.807) is 0 Å². The lowest BCUT2D eigenvalue weighted by Gasteiger charge is -2.35. The molecule has 0 saturated carbocycles. The van der Waals surface area contributed by atoms with Crippen molar-refractivity contribution < 1.29 is 0 Å². The maximum Gasteiger partial charge on any atom is 0.132 e. The van der Waals surface area contributed by atoms with Gasteiger partial charge in [0.05, 0.1) is 0 Å². The van der Waals surface area contributed by atoms with Gasteiger partial charge in [0.25, 0.3) is 0 Å². The van der Waals surface area contributed by atoms with Gasteiger partial charge in [-0.2, -0.15) is 0 Å². The van der Waals surface area contributed by atoms with E-state index >= 15 is 0 Å². The van der Waals surface area contributed by atoms with Gasteiger partial charge in [-0.05, 0) is 25.8 Å². The van der Waals surface area contributed by atoms with Crippen molar-refractivity contribution in [3.8, 4) is 0 Å². The molecule has 1 aliphatic heterocycles.